The molecule has 0 radical (unpaired) electrons. The fourth-order valence-corrected chi connectivity index (χ4v) is 2.61. The van der Waals surface area contributed by atoms with Crippen molar-refractivity contribution in [2.75, 3.05) is 7.05 Å². The second-order valence-corrected chi connectivity index (χ2v) is 6.26. The molecule has 0 fully saturated rings. The van der Waals surface area contributed by atoms with E-state index in [-0.39, 0.29) is 30.3 Å². The van der Waals surface area contributed by atoms with Crippen LogP contribution in [-0.4, -0.2) is 29.9 Å². The third-order valence-electron chi connectivity index (χ3n) is 4.28. The minimum atomic E-state index is -0.511. The second kappa shape index (κ2) is 10.5. The molecule has 1 aromatic rings. The van der Waals surface area contributed by atoms with Crippen molar-refractivity contribution in [1.29, 1.82) is 0 Å². The molecule has 136 valence electrons. The van der Waals surface area contributed by atoms with E-state index < -0.39 is 6.10 Å². The third kappa shape index (κ3) is 6.22. The summed E-state index contributed by atoms with van der Waals surface area (Å²) in [7, 11) is 1.75. The molecular weight excluding hydrogens is 314 g/mol. The van der Waals surface area contributed by atoms with E-state index in [0.717, 1.165) is 5.56 Å². The summed E-state index contributed by atoms with van der Waals surface area (Å²) in [4.78, 5) is 26.4. The molecule has 4 heteroatoms. The first-order valence-electron chi connectivity index (χ1n) is 8.65. The first kappa shape index (κ1) is 20.7. The lowest BCUT2D eigenvalue weighted by Gasteiger charge is -2.33. The lowest BCUT2D eigenvalue weighted by Crippen LogP contribution is -2.42. The maximum Gasteiger partial charge on any atom is 0.306 e. The molecule has 0 bridgehead atoms. The van der Waals surface area contributed by atoms with Crippen LogP contribution in [0.15, 0.2) is 55.6 Å². The molecule has 0 aliphatic heterocycles. The van der Waals surface area contributed by atoms with Gasteiger partial charge in [0.1, 0.15) is 6.10 Å². The minimum Gasteiger partial charge on any atom is -0.455 e. The van der Waals surface area contributed by atoms with Gasteiger partial charge in [0.05, 0.1) is 6.04 Å². The van der Waals surface area contributed by atoms with Crippen molar-refractivity contribution in [3.05, 3.63) is 61.2 Å². The van der Waals surface area contributed by atoms with E-state index in [4.69, 9.17) is 4.74 Å². The molecule has 4 nitrogen and oxygen atoms in total. The van der Waals surface area contributed by atoms with Gasteiger partial charge in [0.25, 0.3) is 0 Å². The molecule has 25 heavy (non-hydrogen) atoms. The molecular formula is C21H29NO3. The van der Waals surface area contributed by atoms with E-state index in [9.17, 15) is 9.59 Å². The van der Waals surface area contributed by atoms with Crippen LogP contribution in [0, 0.1) is 5.92 Å². The molecule has 1 amide bonds. The number of benzene rings is 1. The van der Waals surface area contributed by atoms with Crippen LogP contribution in [0.4, 0.5) is 0 Å². The Balaban J connectivity index is 2.97. The van der Waals surface area contributed by atoms with Gasteiger partial charge >= 0.3 is 5.97 Å². The number of esters is 1. The van der Waals surface area contributed by atoms with Gasteiger partial charge in [0.2, 0.25) is 5.91 Å². The van der Waals surface area contributed by atoms with Gasteiger partial charge in [-0.1, -0.05) is 49.4 Å². The highest BCUT2D eigenvalue weighted by atomic mass is 16.5. The van der Waals surface area contributed by atoms with Crippen molar-refractivity contribution < 1.29 is 14.3 Å². The number of rotatable bonds is 10. The minimum absolute atomic E-state index is 0.00970. The summed E-state index contributed by atoms with van der Waals surface area (Å²) in [6, 6.07) is 9.24. The van der Waals surface area contributed by atoms with Gasteiger partial charge in [0, 0.05) is 19.4 Å². The van der Waals surface area contributed by atoms with Crippen molar-refractivity contribution in [1.82, 2.24) is 4.90 Å². The van der Waals surface area contributed by atoms with Crippen LogP contribution in [0.25, 0.3) is 0 Å². The lowest BCUT2D eigenvalue weighted by molar-refractivity contribution is -0.156. The summed E-state index contributed by atoms with van der Waals surface area (Å²) in [5, 5.41) is 0. The number of hydrogen-bond acceptors (Lipinski definition) is 3. The van der Waals surface area contributed by atoms with Crippen LogP contribution in [0.2, 0.25) is 0 Å². The number of ether oxygens (including phenoxy) is 1. The number of carbonyl (C=O) groups excluding carboxylic acids is 2. The number of allylic oxidation sites excluding steroid dienone is 2. The Morgan fingerprint density at radius 2 is 1.80 bits per heavy atom. The second-order valence-electron chi connectivity index (χ2n) is 6.26. The topological polar surface area (TPSA) is 46.6 Å². The van der Waals surface area contributed by atoms with E-state index in [1.807, 2.05) is 44.2 Å². The smallest absolute Gasteiger partial charge is 0.306 e. The van der Waals surface area contributed by atoms with Crippen molar-refractivity contribution in [3.8, 4) is 0 Å². The Bertz CT molecular complexity index is 582. The maximum atomic E-state index is 12.6. The predicted molar refractivity (Wildman–Crippen MR) is 101 cm³/mol. The summed E-state index contributed by atoms with van der Waals surface area (Å²) < 4.78 is 5.71. The van der Waals surface area contributed by atoms with E-state index in [0.29, 0.717) is 12.8 Å². The van der Waals surface area contributed by atoms with Crippen molar-refractivity contribution in [2.24, 2.45) is 5.92 Å². The monoisotopic (exact) mass is 343 g/mol. The average Bonchev–Trinajstić information content (AvgIpc) is 2.63. The van der Waals surface area contributed by atoms with Crippen molar-refractivity contribution in [3.63, 3.8) is 0 Å². The van der Waals surface area contributed by atoms with Crippen LogP contribution in [0.1, 0.15) is 44.8 Å². The van der Waals surface area contributed by atoms with Crippen LogP contribution in [0.3, 0.4) is 0 Å². The fraction of sp³-hybridized carbons (Fsp3) is 0.429. The van der Waals surface area contributed by atoms with Gasteiger partial charge in [-0.25, -0.2) is 0 Å². The van der Waals surface area contributed by atoms with Gasteiger partial charge < -0.3 is 9.64 Å². The normalized spacial score (nSPS) is 14.0. The summed E-state index contributed by atoms with van der Waals surface area (Å²) in [6.45, 7) is 11.1. The predicted octanol–water partition coefficient (Wildman–Crippen LogP) is 4.30. The molecule has 1 rings (SSSR count). The summed E-state index contributed by atoms with van der Waals surface area (Å²) in [5.41, 5.74) is 0.873. The SMILES string of the molecule is C=CCCC(=O)O[C@H](c1ccccc1)[C@H](C)N(C)C(=O)[C@H](C)CC=C. The molecule has 0 aliphatic rings. The quantitative estimate of drug-likeness (QED) is 0.470. The molecule has 1 aromatic carbocycles. The van der Waals surface area contributed by atoms with Crippen LogP contribution < -0.4 is 0 Å². The number of likely N-dealkylation sites (N-methyl/N-ethyl adjacent to an activating group) is 1. The molecule has 0 spiro atoms. The average molecular weight is 343 g/mol. The zero-order chi connectivity index (χ0) is 18.8. The van der Waals surface area contributed by atoms with Crippen LogP contribution in [0.5, 0.6) is 0 Å². The molecule has 0 N–H and O–H groups in total. The highest BCUT2D eigenvalue weighted by molar-refractivity contribution is 5.79. The Labute approximate surface area is 151 Å². The van der Waals surface area contributed by atoms with Gasteiger partial charge in [-0.3, -0.25) is 9.59 Å². The number of nitrogens with zero attached hydrogens (tertiary/aromatic N) is 1. The Kier molecular flexibility index (Phi) is 8.68. The van der Waals surface area contributed by atoms with Crippen molar-refractivity contribution >= 4 is 11.9 Å². The lowest BCUT2D eigenvalue weighted by atomic mass is 10.00. The van der Waals surface area contributed by atoms with Gasteiger partial charge in [-0.15, -0.1) is 13.2 Å². The Morgan fingerprint density at radius 1 is 1.16 bits per heavy atom. The standard InChI is InChI=1S/C21H29NO3/c1-6-8-15-19(23)25-20(18-13-10-9-11-14-18)17(4)22(5)21(24)16(3)12-7-2/h6-7,9-11,13-14,16-17,20H,1-2,8,12,15H2,3-5H3/t16-,17+,20+/m1/s1. The largest absolute Gasteiger partial charge is 0.455 e. The molecule has 0 unspecified atom stereocenters. The molecule has 0 aliphatic carbocycles. The maximum absolute atomic E-state index is 12.6. The van der Waals surface area contributed by atoms with Gasteiger partial charge in [-0.05, 0) is 25.3 Å². The highest BCUT2D eigenvalue weighted by Crippen LogP contribution is 2.26. The van der Waals surface area contributed by atoms with Crippen LogP contribution >= 0.6 is 0 Å². The van der Waals surface area contributed by atoms with E-state index >= 15 is 0 Å². The number of hydrogen-bond donors (Lipinski definition) is 0. The number of carbonyl (C=O) groups is 2. The zero-order valence-electron chi connectivity index (χ0n) is 15.5. The van der Waals surface area contributed by atoms with Gasteiger partial charge in [-0.2, -0.15) is 0 Å². The fourth-order valence-electron chi connectivity index (χ4n) is 2.61. The highest BCUT2D eigenvalue weighted by Gasteiger charge is 2.30. The van der Waals surface area contributed by atoms with E-state index in [1.165, 1.54) is 0 Å². The Morgan fingerprint density at radius 3 is 2.36 bits per heavy atom. The third-order valence-corrected chi connectivity index (χ3v) is 4.28. The van der Waals surface area contributed by atoms with Crippen molar-refractivity contribution in [2.45, 2.75) is 45.3 Å². The first-order valence-corrected chi connectivity index (χ1v) is 8.65. The van der Waals surface area contributed by atoms with Crippen LogP contribution in [-0.2, 0) is 14.3 Å². The molecule has 0 saturated carbocycles. The zero-order valence-corrected chi connectivity index (χ0v) is 15.5. The van der Waals surface area contributed by atoms with E-state index in [1.54, 1.807) is 24.1 Å². The first-order chi connectivity index (χ1) is 11.9. The number of amides is 1. The summed E-state index contributed by atoms with van der Waals surface area (Å²) in [6.07, 6.45) is 4.39. The Hall–Kier alpha value is -2.36. The molecule has 0 saturated heterocycles. The molecule has 3 atom stereocenters. The summed E-state index contributed by atoms with van der Waals surface area (Å²) in [5.74, 6) is -0.436. The molecule has 0 heterocycles. The van der Waals surface area contributed by atoms with E-state index in [2.05, 4.69) is 13.2 Å². The molecule has 0 aromatic heterocycles. The summed E-state index contributed by atoms with van der Waals surface area (Å²) >= 11 is 0. The van der Waals surface area contributed by atoms with Gasteiger partial charge in [0.15, 0.2) is 0 Å².